The molecule has 0 bridgehead atoms. The van der Waals surface area contributed by atoms with Gasteiger partial charge in [0, 0.05) is 12.1 Å². The number of ether oxygens (including phenoxy) is 1. The molecule has 1 aromatic rings. The summed E-state index contributed by atoms with van der Waals surface area (Å²) < 4.78 is 5.24. The molecule has 1 aliphatic rings. The van der Waals surface area contributed by atoms with Crippen molar-refractivity contribution < 1.29 is 14.6 Å². The minimum Gasteiger partial charge on any atom is -0.496 e. The molecule has 2 N–H and O–H groups in total. The van der Waals surface area contributed by atoms with E-state index in [1.54, 1.807) is 13.2 Å². The minimum atomic E-state index is -0.857. The van der Waals surface area contributed by atoms with Crippen molar-refractivity contribution in [3.8, 4) is 5.75 Å². The Morgan fingerprint density at radius 3 is 2.88 bits per heavy atom. The Bertz CT molecular complexity index is 440. The number of carbonyl (C=O) groups is 1. The van der Waals surface area contributed by atoms with E-state index in [0.29, 0.717) is 6.54 Å². The molecule has 1 aromatic carbocycles. The third-order valence-electron chi connectivity index (χ3n) is 2.60. The van der Waals surface area contributed by atoms with Crippen molar-refractivity contribution in [1.82, 2.24) is 5.32 Å². The molecule has 4 heteroatoms. The summed E-state index contributed by atoms with van der Waals surface area (Å²) in [6.45, 7) is 0.553. The molecule has 0 saturated heterocycles. The van der Waals surface area contributed by atoms with E-state index in [2.05, 4.69) is 5.32 Å². The molecule has 0 spiro atoms. The number of rotatable bonds is 3. The standard InChI is InChI=1S/C12H13NO3/c1-16-11-5-3-2-4-9(11)8-6-10(12(14)15)13-7-8/h2-6,10,13H,7H2,1H3,(H,14,15)/t10-/m0/s1. The molecule has 0 fully saturated rings. The summed E-state index contributed by atoms with van der Waals surface area (Å²) in [5.74, 6) is -0.0912. The number of para-hydroxylation sites is 1. The molecule has 0 aliphatic carbocycles. The number of hydrogen-bond donors (Lipinski definition) is 2. The van der Waals surface area contributed by atoms with Crippen molar-refractivity contribution >= 4 is 11.5 Å². The topological polar surface area (TPSA) is 58.6 Å². The van der Waals surface area contributed by atoms with Gasteiger partial charge >= 0.3 is 5.97 Å². The van der Waals surface area contributed by atoms with Crippen LogP contribution in [0.2, 0.25) is 0 Å². The number of carboxylic acid groups (broad SMARTS) is 1. The second-order valence-corrected chi connectivity index (χ2v) is 3.59. The van der Waals surface area contributed by atoms with Gasteiger partial charge in [0.2, 0.25) is 0 Å². The maximum Gasteiger partial charge on any atom is 0.324 e. The SMILES string of the molecule is COc1ccccc1C1=C[C@@H](C(=O)O)NC1. The van der Waals surface area contributed by atoms with E-state index in [-0.39, 0.29) is 0 Å². The highest BCUT2D eigenvalue weighted by molar-refractivity contribution is 5.84. The lowest BCUT2D eigenvalue weighted by molar-refractivity contribution is -0.137. The van der Waals surface area contributed by atoms with Crippen LogP contribution in [0.3, 0.4) is 0 Å². The van der Waals surface area contributed by atoms with E-state index >= 15 is 0 Å². The number of benzene rings is 1. The normalized spacial score (nSPS) is 19.3. The minimum absolute atomic E-state index is 0.553. The Morgan fingerprint density at radius 2 is 2.25 bits per heavy atom. The number of hydrogen-bond acceptors (Lipinski definition) is 3. The molecule has 2 rings (SSSR count). The number of aliphatic carboxylic acids is 1. The van der Waals surface area contributed by atoms with Crippen molar-refractivity contribution in [2.75, 3.05) is 13.7 Å². The fourth-order valence-corrected chi connectivity index (χ4v) is 1.79. The maximum absolute atomic E-state index is 10.8. The van der Waals surface area contributed by atoms with Crippen LogP contribution in [0, 0.1) is 0 Å². The summed E-state index contributed by atoms with van der Waals surface area (Å²) >= 11 is 0. The summed E-state index contributed by atoms with van der Waals surface area (Å²) in [5, 5.41) is 11.8. The Labute approximate surface area is 93.5 Å². The highest BCUT2D eigenvalue weighted by Gasteiger charge is 2.22. The van der Waals surface area contributed by atoms with Gasteiger partial charge < -0.3 is 9.84 Å². The van der Waals surface area contributed by atoms with Crippen LogP contribution in [0.4, 0.5) is 0 Å². The fraction of sp³-hybridized carbons (Fsp3) is 0.250. The first-order chi connectivity index (χ1) is 7.72. The van der Waals surface area contributed by atoms with Crippen LogP contribution in [0.25, 0.3) is 5.57 Å². The van der Waals surface area contributed by atoms with Crippen LogP contribution >= 0.6 is 0 Å². The monoisotopic (exact) mass is 219 g/mol. The molecule has 4 nitrogen and oxygen atoms in total. The molecule has 0 aromatic heterocycles. The predicted molar refractivity (Wildman–Crippen MR) is 60.4 cm³/mol. The Hall–Kier alpha value is -1.81. The Balaban J connectivity index is 2.32. The smallest absolute Gasteiger partial charge is 0.324 e. The summed E-state index contributed by atoms with van der Waals surface area (Å²) in [6, 6.07) is 6.99. The van der Waals surface area contributed by atoms with Crippen molar-refractivity contribution in [2.45, 2.75) is 6.04 Å². The highest BCUT2D eigenvalue weighted by atomic mass is 16.5. The van der Waals surface area contributed by atoms with Gasteiger partial charge in [0.25, 0.3) is 0 Å². The first-order valence-corrected chi connectivity index (χ1v) is 5.02. The Morgan fingerprint density at radius 1 is 1.50 bits per heavy atom. The number of methoxy groups -OCH3 is 1. The van der Waals surface area contributed by atoms with Crippen molar-refractivity contribution in [3.63, 3.8) is 0 Å². The van der Waals surface area contributed by atoms with Gasteiger partial charge in [-0.2, -0.15) is 0 Å². The van der Waals surface area contributed by atoms with Crippen LogP contribution in [0.1, 0.15) is 5.56 Å². The third-order valence-corrected chi connectivity index (χ3v) is 2.60. The zero-order valence-electron chi connectivity index (χ0n) is 8.93. The largest absolute Gasteiger partial charge is 0.496 e. The summed E-state index contributed by atoms with van der Waals surface area (Å²) in [7, 11) is 1.61. The number of carboxylic acids is 1. The average Bonchev–Trinajstić information content (AvgIpc) is 2.78. The lowest BCUT2D eigenvalue weighted by Gasteiger charge is -2.07. The zero-order valence-corrected chi connectivity index (χ0v) is 8.93. The van der Waals surface area contributed by atoms with Crippen LogP contribution in [0.5, 0.6) is 5.75 Å². The number of nitrogens with one attached hydrogen (secondary N) is 1. The molecule has 1 aliphatic heterocycles. The molecule has 84 valence electrons. The maximum atomic E-state index is 10.8. The van der Waals surface area contributed by atoms with Crippen LogP contribution in [-0.4, -0.2) is 30.8 Å². The van der Waals surface area contributed by atoms with E-state index in [9.17, 15) is 4.79 Å². The molecule has 0 amide bonds. The van der Waals surface area contributed by atoms with E-state index < -0.39 is 12.0 Å². The van der Waals surface area contributed by atoms with Gasteiger partial charge in [0.1, 0.15) is 11.8 Å². The molecule has 16 heavy (non-hydrogen) atoms. The molecule has 1 atom stereocenters. The second kappa shape index (κ2) is 4.37. The quantitative estimate of drug-likeness (QED) is 0.800. The molecular weight excluding hydrogens is 206 g/mol. The fourth-order valence-electron chi connectivity index (χ4n) is 1.79. The van der Waals surface area contributed by atoms with Crippen molar-refractivity contribution in [1.29, 1.82) is 0 Å². The lowest BCUT2D eigenvalue weighted by atomic mass is 10.1. The van der Waals surface area contributed by atoms with E-state index in [1.807, 2.05) is 24.3 Å². The van der Waals surface area contributed by atoms with E-state index in [0.717, 1.165) is 16.9 Å². The highest BCUT2D eigenvalue weighted by Crippen LogP contribution is 2.27. The summed E-state index contributed by atoms with van der Waals surface area (Å²) in [6.07, 6.45) is 1.72. The van der Waals surface area contributed by atoms with Gasteiger partial charge in [-0.05, 0) is 11.6 Å². The zero-order chi connectivity index (χ0) is 11.5. The van der Waals surface area contributed by atoms with Crippen LogP contribution in [0.15, 0.2) is 30.3 Å². The van der Waals surface area contributed by atoms with Crippen molar-refractivity contribution in [2.24, 2.45) is 0 Å². The van der Waals surface area contributed by atoms with Crippen LogP contribution < -0.4 is 10.1 Å². The molecule has 0 radical (unpaired) electrons. The molecule has 0 saturated carbocycles. The van der Waals surface area contributed by atoms with Gasteiger partial charge in [-0.25, -0.2) is 0 Å². The summed E-state index contributed by atoms with van der Waals surface area (Å²) in [5.41, 5.74) is 1.91. The van der Waals surface area contributed by atoms with Gasteiger partial charge in [-0.3, -0.25) is 10.1 Å². The van der Waals surface area contributed by atoms with Crippen molar-refractivity contribution in [3.05, 3.63) is 35.9 Å². The van der Waals surface area contributed by atoms with Gasteiger partial charge in [0.15, 0.2) is 0 Å². The second-order valence-electron chi connectivity index (χ2n) is 3.59. The third kappa shape index (κ3) is 1.92. The Kier molecular flexibility index (Phi) is 2.92. The molecule has 0 unspecified atom stereocenters. The van der Waals surface area contributed by atoms with E-state index in [4.69, 9.17) is 9.84 Å². The first-order valence-electron chi connectivity index (χ1n) is 5.02. The van der Waals surface area contributed by atoms with Gasteiger partial charge in [-0.15, -0.1) is 0 Å². The van der Waals surface area contributed by atoms with Crippen LogP contribution in [-0.2, 0) is 4.79 Å². The first kappa shape index (κ1) is 10.7. The predicted octanol–water partition coefficient (Wildman–Crippen LogP) is 1.13. The summed E-state index contributed by atoms with van der Waals surface area (Å²) in [4.78, 5) is 10.8. The van der Waals surface area contributed by atoms with E-state index in [1.165, 1.54) is 0 Å². The molecular formula is C12H13NO3. The van der Waals surface area contributed by atoms with Gasteiger partial charge in [-0.1, -0.05) is 24.3 Å². The lowest BCUT2D eigenvalue weighted by Crippen LogP contribution is -2.30. The molecule has 1 heterocycles. The van der Waals surface area contributed by atoms with Gasteiger partial charge in [0.05, 0.1) is 7.11 Å². The average molecular weight is 219 g/mol.